The second-order valence-electron chi connectivity index (χ2n) is 3.74. The molecule has 0 aliphatic carbocycles. The van der Waals surface area contributed by atoms with Crippen molar-refractivity contribution in [2.45, 2.75) is 0 Å². The molecular formula is C14H11NO2. The summed E-state index contributed by atoms with van der Waals surface area (Å²) in [5.74, 6) is 0.857. The Kier molecular flexibility index (Phi) is 2.29. The first kappa shape index (κ1) is 9.90. The molecular weight excluding hydrogens is 214 g/mol. The van der Waals surface area contributed by atoms with Crippen LogP contribution in [0.5, 0.6) is 5.75 Å². The third-order valence-electron chi connectivity index (χ3n) is 2.75. The van der Waals surface area contributed by atoms with E-state index < -0.39 is 0 Å². The van der Waals surface area contributed by atoms with Crippen molar-refractivity contribution in [1.82, 2.24) is 4.98 Å². The lowest BCUT2D eigenvalue weighted by Gasteiger charge is -2.07. The summed E-state index contributed by atoms with van der Waals surface area (Å²) in [7, 11) is 1.67. The van der Waals surface area contributed by atoms with Crippen LogP contribution in [0.2, 0.25) is 0 Å². The molecule has 0 aliphatic heterocycles. The first-order valence-corrected chi connectivity index (χ1v) is 5.35. The van der Waals surface area contributed by atoms with Crippen molar-refractivity contribution in [2.24, 2.45) is 0 Å². The van der Waals surface area contributed by atoms with Gasteiger partial charge < -0.3 is 9.15 Å². The third-order valence-corrected chi connectivity index (χ3v) is 2.75. The van der Waals surface area contributed by atoms with Crippen molar-refractivity contribution < 1.29 is 9.15 Å². The van der Waals surface area contributed by atoms with Gasteiger partial charge in [0.1, 0.15) is 11.3 Å². The van der Waals surface area contributed by atoms with Crippen molar-refractivity contribution in [2.75, 3.05) is 7.11 Å². The fourth-order valence-corrected chi connectivity index (χ4v) is 1.91. The second kappa shape index (κ2) is 3.94. The topological polar surface area (TPSA) is 35.3 Å². The summed E-state index contributed by atoms with van der Waals surface area (Å²) in [4.78, 5) is 4.15. The number of benzene rings is 2. The Balaban J connectivity index is 2.19. The summed E-state index contributed by atoms with van der Waals surface area (Å²) in [5.41, 5.74) is 3.78. The van der Waals surface area contributed by atoms with E-state index in [1.54, 1.807) is 7.11 Å². The highest BCUT2D eigenvalue weighted by Crippen LogP contribution is 2.31. The molecule has 1 heterocycles. The van der Waals surface area contributed by atoms with E-state index in [1.807, 2.05) is 42.5 Å². The number of para-hydroxylation sites is 1. The number of rotatable bonds is 2. The zero-order chi connectivity index (χ0) is 11.7. The number of methoxy groups -OCH3 is 1. The number of fused-ring (bicyclic) bond motifs is 1. The van der Waals surface area contributed by atoms with E-state index >= 15 is 0 Å². The SMILES string of the molecule is COc1ccccc1-c1ccc2ocnc2c1. The summed E-state index contributed by atoms with van der Waals surface area (Å²) < 4.78 is 10.6. The minimum absolute atomic E-state index is 0.795. The Hall–Kier alpha value is -2.29. The maximum absolute atomic E-state index is 5.35. The van der Waals surface area contributed by atoms with Gasteiger partial charge in [0.25, 0.3) is 0 Å². The molecule has 0 saturated heterocycles. The molecule has 0 unspecified atom stereocenters. The van der Waals surface area contributed by atoms with E-state index in [4.69, 9.17) is 9.15 Å². The number of hydrogen-bond donors (Lipinski definition) is 0. The molecule has 17 heavy (non-hydrogen) atoms. The van der Waals surface area contributed by atoms with Crippen molar-refractivity contribution in [3.63, 3.8) is 0 Å². The normalized spacial score (nSPS) is 10.6. The van der Waals surface area contributed by atoms with Crippen LogP contribution in [0.4, 0.5) is 0 Å². The lowest BCUT2D eigenvalue weighted by molar-refractivity contribution is 0.416. The Bertz CT molecular complexity index is 658. The molecule has 3 nitrogen and oxygen atoms in total. The minimum atomic E-state index is 0.795. The van der Waals surface area contributed by atoms with E-state index in [1.165, 1.54) is 6.39 Å². The second-order valence-corrected chi connectivity index (χ2v) is 3.74. The fraction of sp³-hybridized carbons (Fsp3) is 0.0714. The maximum atomic E-state index is 5.35. The number of oxazole rings is 1. The smallest absolute Gasteiger partial charge is 0.181 e. The zero-order valence-electron chi connectivity index (χ0n) is 9.38. The van der Waals surface area contributed by atoms with Gasteiger partial charge in [-0.1, -0.05) is 24.3 Å². The molecule has 0 aliphatic rings. The summed E-state index contributed by atoms with van der Waals surface area (Å²) in [6.07, 6.45) is 1.46. The molecule has 0 bridgehead atoms. The van der Waals surface area contributed by atoms with Crippen LogP contribution in [-0.4, -0.2) is 12.1 Å². The standard InChI is InChI=1S/C14H11NO2/c1-16-13-5-3-2-4-11(13)10-6-7-14-12(8-10)15-9-17-14/h2-9H,1H3. The van der Waals surface area contributed by atoms with Crippen LogP contribution >= 0.6 is 0 Å². The molecule has 0 atom stereocenters. The molecule has 0 radical (unpaired) electrons. The Labute approximate surface area is 98.7 Å². The molecule has 0 amide bonds. The molecule has 1 aromatic heterocycles. The molecule has 84 valence electrons. The highest BCUT2D eigenvalue weighted by Gasteiger charge is 2.06. The van der Waals surface area contributed by atoms with Gasteiger partial charge in [0.15, 0.2) is 12.0 Å². The summed E-state index contributed by atoms with van der Waals surface area (Å²) in [5, 5.41) is 0. The van der Waals surface area contributed by atoms with E-state index in [0.29, 0.717) is 0 Å². The molecule has 0 saturated carbocycles. The molecule has 0 spiro atoms. The van der Waals surface area contributed by atoms with Crippen molar-refractivity contribution in [3.8, 4) is 16.9 Å². The largest absolute Gasteiger partial charge is 0.496 e. The van der Waals surface area contributed by atoms with Crippen LogP contribution in [-0.2, 0) is 0 Å². The van der Waals surface area contributed by atoms with Gasteiger partial charge in [-0.3, -0.25) is 0 Å². The Morgan fingerprint density at radius 3 is 2.88 bits per heavy atom. The first-order valence-electron chi connectivity index (χ1n) is 5.35. The van der Waals surface area contributed by atoms with Gasteiger partial charge >= 0.3 is 0 Å². The number of nitrogens with zero attached hydrogens (tertiary/aromatic N) is 1. The first-order chi connectivity index (χ1) is 8.38. The van der Waals surface area contributed by atoms with Gasteiger partial charge in [-0.15, -0.1) is 0 Å². The van der Waals surface area contributed by atoms with Crippen LogP contribution < -0.4 is 4.74 Å². The summed E-state index contributed by atoms with van der Waals surface area (Å²) in [6.45, 7) is 0. The maximum Gasteiger partial charge on any atom is 0.181 e. The van der Waals surface area contributed by atoms with Crippen LogP contribution in [0.15, 0.2) is 53.3 Å². The van der Waals surface area contributed by atoms with Crippen molar-refractivity contribution in [3.05, 3.63) is 48.9 Å². The third kappa shape index (κ3) is 1.65. The van der Waals surface area contributed by atoms with Gasteiger partial charge in [-0.05, 0) is 23.8 Å². The van der Waals surface area contributed by atoms with Crippen LogP contribution in [0.25, 0.3) is 22.2 Å². The highest BCUT2D eigenvalue weighted by atomic mass is 16.5. The van der Waals surface area contributed by atoms with Gasteiger partial charge in [-0.25, -0.2) is 4.98 Å². The predicted molar refractivity (Wildman–Crippen MR) is 66.0 cm³/mol. The molecule has 0 fully saturated rings. The average molecular weight is 225 g/mol. The van der Waals surface area contributed by atoms with Gasteiger partial charge in [0.2, 0.25) is 0 Å². The number of hydrogen-bond acceptors (Lipinski definition) is 3. The van der Waals surface area contributed by atoms with Crippen molar-refractivity contribution in [1.29, 1.82) is 0 Å². The van der Waals surface area contributed by atoms with E-state index in [0.717, 1.165) is 28.0 Å². The summed E-state index contributed by atoms with van der Waals surface area (Å²) >= 11 is 0. The molecule has 3 rings (SSSR count). The Morgan fingerprint density at radius 1 is 1.12 bits per heavy atom. The van der Waals surface area contributed by atoms with Crippen molar-refractivity contribution >= 4 is 11.1 Å². The molecule has 3 heteroatoms. The zero-order valence-corrected chi connectivity index (χ0v) is 9.38. The van der Waals surface area contributed by atoms with Gasteiger partial charge in [-0.2, -0.15) is 0 Å². The van der Waals surface area contributed by atoms with Gasteiger partial charge in [0.05, 0.1) is 7.11 Å². The lowest BCUT2D eigenvalue weighted by atomic mass is 10.0. The van der Waals surface area contributed by atoms with E-state index in [2.05, 4.69) is 4.98 Å². The molecule has 0 N–H and O–H groups in total. The Morgan fingerprint density at radius 2 is 2.00 bits per heavy atom. The fourth-order valence-electron chi connectivity index (χ4n) is 1.91. The van der Waals surface area contributed by atoms with E-state index in [9.17, 15) is 0 Å². The monoisotopic (exact) mass is 225 g/mol. The predicted octanol–water partition coefficient (Wildman–Crippen LogP) is 3.50. The highest BCUT2D eigenvalue weighted by molar-refractivity contribution is 5.82. The average Bonchev–Trinajstić information content (AvgIpc) is 2.85. The van der Waals surface area contributed by atoms with Gasteiger partial charge in [0, 0.05) is 5.56 Å². The van der Waals surface area contributed by atoms with Crippen LogP contribution in [0.3, 0.4) is 0 Å². The lowest BCUT2D eigenvalue weighted by Crippen LogP contribution is -1.87. The van der Waals surface area contributed by atoms with E-state index in [-0.39, 0.29) is 0 Å². The number of ether oxygens (including phenoxy) is 1. The number of aromatic nitrogens is 1. The minimum Gasteiger partial charge on any atom is -0.496 e. The quantitative estimate of drug-likeness (QED) is 0.669. The molecule has 2 aromatic carbocycles. The van der Waals surface area contributed by atoms with Crippen LogP contribution in [0.1, 0.15) is 0 Å². The summed E-state index contributed by atoms with van der Waals surface area (Å²) in [6, 6.07) is 13.8. The molecule has 3 aromatic rings. The van der Waals surface area contributed by atoms with Crippen LogP contribution in [0, 0.1) is 0 Å².